The van der Waals surface area contributed by atoms with Crippen molar-refractivity contribution in [1.82, 2.24) is 10.2 Å². The number of benzene rings is 1. The number of nitrogens with one attached hydrogen (secondary N) is 1. The van der Waals surface area contributed by atoms with Crippen LogP contribution in [0.4, 0.5) is 0 Å². The number of nitrogens with zero attached hydrogens (tertiary/aromatic N) is 1. The normalized spacial score (nSPS) is 30.7. The van der Waals surface area contributed by atoms with Gasteiger partial charge in [-0.15, -0.1) is 0 Å². The highest BCUT2D eigenvalue weighted by Crippen LogP contribution is 2.50. The Morgan fingerprint density at radius 2 is 1.95 bits per heavy atom. The third kappa shape index (κ3) is 2.84. The Morgan fingerprint density at radius 3 is 2.52 bits per heavy atom. The fourth-order valence-corrected chi connectivity index (χ4v) is 3.49. The SMILES string of the molecule is CCCC1NC(Cc2ccccc2)C(=O)N1C1CC1(C)C. The maximum Gasteiger partial charge on any atom is 0.241 e. The first-order valence-corrected chi connectivity index (χ1v) is 8.15. The number of carbonyl (C=O) groups excluding carboxylic acids is 1. The average Bonchev–Trinajstić information content (AvgIpc) is 2.96. The molecule has 1 heterocycles. The smallest absolute Gasteiger partial charge is 0.241 e. The van der Waals surface area contributed by atoms with E-state index in [0.29, 0.717) is 17.4 Å². The molecule has 114 valence electrons. The van der Waals surface area contributed by atoms with E-state index in [1.807, 2.05) is 18.2 Å². The summed E-state index contributed by atoms with van der Waals surface area (Å²) in [7, 11) is 0. The maximum absolute atomic E-state index is 12.8. The minimum absolute atomic E-state index is 0.0552. The fraction of sp³-hybridized carbons (Fsp3) is 0.611. The average molecular weight is 286 g/mol. The van der Waals surface area contributed by atoms with E-state index in [2.05, 4.69) is 43.1 Å². The molecule has 1 amide bonds. The van der Waals surface area contributed by atoms with Crippen LogP contribution in [0.5, 0.6) is 0 Å². The minimum atomic E-state index is -0.0552. The third-order valence-corrected chi connectivity index (χ3v) is 4.92. The van der Waals surface area contributed by atoms with Crippen molar-refractivity contribution >= 4 is 5.91 Å². The van der Waals surface area contributed by atoms with Gasteiger partial charge in [0.05, 0.1) is 12.2 Å². The standard InChI is InChI=1S/C18H26N2O/c1-4-8-16-19-14(11-13-9-6-5-7-10-13)17(21)20(16)15-12-18(15,2)3/h5-7,9-10,14-16,19H,4,8,11-12H2,1-3H3. The van der Waals surface area contributed by atoms with E-state index >= 15 is 0 Å². The van der Waals surface area contributed by atoms with E-state index in [4.69, 9.17) is 0 Å². The van der Waals surface area contributed by atoms with Crippen molar-refractivity contribution in [2.75, 3.05) is 0 Å². The summed E-state index contributed by atoms with van der Waals surface area (Å²) in [4.78, 5) is 15.0. The van der Waals surface area contributed by atoms with Gasteiger partial charge in [-0.3, -0.25) is 10.1 Å². The number of hydrogen-bond acceptors (Lipinski definition) is 2. The number of hydrogen-bond donors (Lipinski definition) is 1. The molecule has 3 heteroatoms. The number of carbonyl (C=O) groups is 1. The van der Waals surface area contributed by atoms with Gasteiger partial charge in [-0.2, -0.15) is 0 Å². The van der Waals surface area contributed by atoms with Crippen LogP contribution in [-0.4, -0.2) is 29.1 Å². The molecule has 1 saturated heterocycles. The summed E-state index contributed by atoms with van der Waals surface area (Å²) in [6, 6.07) is 10.7. The van der Waals surface area contributed by atoms with Gasteiger partial charge in [0.2, 0.25) is 5.91 Å². The van der Waals surface area contributed by atoms with E-state index in [1.165, 1.54) is 5.56 Å². The van der Waals surface area contributed by atoms with Gasteiger partial charge in [0, 0.05) is 6.04 Å². The molecule has 0 bridgehead atoms. The van der Waals surface area contributed by atoms with Gasteiger partial charge in [-0.1, -0.05) is 57.5 Å². The van der Waals surface area contributed by atoms with Crippen LogP contribution in [0, 0.1) is 5.41 Å². The van der Waals surface area contributed by atoms with Crippen LogP contribution in [0.1, 0.15) is 45.6 Å². The summed E-state index contributed by atoms with van der Waals surface area (Å²) in [5.74, 6) is 0.299. The van der Waals surface area contributed by atoms with Gasteiger partial charge in [0.15, 0.2) is 0 Å². The lowest BCUT2D eigenvalue weighted by molar-refractivity contribution is -0.131. The van der Waals surface area contributed by atoms with Crippen molar-refractivity contribution in [3.05, 3.63) is 35.9 Å². The second-order valence-electron chi connectivity index (χ2n) is 7.17. The molecule has 21 heavy (non-hydrogen) atoms. The topological polar surface area (TPSA) is 32.3 Å². The zero-order chi connectivity index (χ0) is 15.0. The summed E-state index contributed by atoms with van der Waals surface area (Å²) in [6.45, 7) is 6.71. The molecule has 3 nitrogen and oxygen atoms in total. The molecule has 1 saturated carbocycles. The van der Waals surface area contributed by atoms with Gasteiger partial charge in [-0.05, 0) is 30.2 Å². The summed E-state index contributed by atoms with van der Waals surface area (Å²) < 4.78 is 0. The van der Waals surface area contributed by atoms with Gasteiger partial charge in [-0.25, -0.2) is 0 Å². The Morgan fingerprint density at radius 1 is 1.29 bits per heavy atom. The Kier molecular flexibility index (Phi) is 3.78. The zero-order valence-corrected chi connectivity index (χ0v) is 13.3. The molecule has 1 aromatic carbocycles. The molecule has 2 fully saturated rings. The van der Waals surface area contributed by atoms with E-state index < -0.39 is 0 Å². The predicted octanol–water partition coefficient (Wildman–Crippen LogP) is 2.95. The van der Waals surface area contributed by atoms with Crippen molar-refractivity contribution in [2.45, 2.75) is 64.7 Å². The number of rotatable bonds is 5. The minimum Gasteiger partial charge on any atom is -0.322 e. The maximum atomic E-state index is 12.8. The lowest BCUT2D eigenvalue weighted by Crippen LogP contribution is -2.40. The molecule has 0 aromatic heterocycles. The Balaban J connectivity index is 1.74. The van der Waals surface area contributed by atoms with Crippen LogP contribution in [0.2, 0.25) is 0 Å². The molecule has 3 rings (SSSR count). The van der Waals surface area contributed by atoms with E-state index in [1.54, 1.807) is 0 Å². The molecule has 1 aromatic rings. The first-order valence-electron chi connectivity index (χ1n) is 8.15. The number of amides is 1. The Labute approximate surface area is 127 Å². The van der Waals surface area contributed by atoms with Gasteiger partial charge in [0.1, 0.15) is 0 Å². The predicted molar refractivity (Wildman–Crippen MR) is 84.8 cm³/mol. The van der Waals surface area contributed by atoms with Crippen LogP contribution in [0.25, 0.3) is 0 Å². The second-order valence-corrected chi connectivity index (χ2v) is 7.17. The van der Waals surface area contributed by atoms with Crippen molar-refractivity contribution in [3.8, 4) is 0 Å². The highest BCUT2D eigenvalue weighted by atomic mass is 16.2. The van der Waals surface area contributed by atoms with E-state index in [-0.39, 0.29) is 12.2 Å². The van der Waals surface area contributed by atoms with Crippen LogP contribution in [-0.2, 0) is 11.2 Å². The lowest BCUT2D eigenvalue weighted by Gasteiger charge is -2.25. The summed E-state index contributed by atoms with van der Waals surface area (Å²) in [6.07, 6.45) is 4.31. The van der Waals surface area contributed by atoms with Gasteiger partial charge < -0.3 is 4.90 Å². The van der Waals surface area contributed by atoms with Gasteiger partial charge >= 0.3 is 0 Å². The molecule has 1 N–H and O–H groups in total. The van der Waals surface area contributed by atoms with Gasteiger partial charge in [0.25, 0.3) is 0 Å². The van der Waals surface area contributed by atoms with Crippen LogP contribution in [0.15, 0.2) is 30.3 Å². The van der Waals surface area contributed by atoms with E-state index in [0.717, 1.165) is 25.7 Å². The molecule has 3 atom stereocenters. The summed E-state index contributed by atoms with van der Waals surface area (Å²) >= 11 is 0. The third-order valence-electron chi connectivity index (χ3n) is 4.92. The summed E-state index contributed by atoms with van der Waals surface area (Å²) in [5, 5.41) is 3.58. The van der Waals surface area contributed by atoms with Crippen molar-refractivity contribution in [3.63, 3.8) is 0 Å². The molecule has 2 aliphatic rings. The Bertz CT molecular complexity index is 511. The zero-order valence-electron chi connectivity index (χ0n) is 13.3. The first kappa shape index (κ1) is 14.6. The first-order chi connectivity index (χ1) is 10.0. The van der Waals surface area contributed by atoms with Crippen molar-refractivity contribution in [2.24, 2.45) is 5.41 Å². The summed E-state index contributed by atoms with van der Waals surface area (Å²) in [5.41, 5.74) is 1.53. The highest BCUT2D eigenvalue weighted by Gasteiger charge is 2.55. The lowest BCUT2D eigenvalue weighted by atomic mass is 10.1. The molecular formula is C18H26N2O. The molecule has 1 aliphatic carbocycles. The molecule has 1 aliphatic heterocycles. The molecule has 3 unspecified atom stereocenters. The quantitative estimate of drug-likeness (QED) is 0.902. The fourth-order valence-electron chi connectivity index (χ4n) is 3.49. The highest BCUT2D eigenvalue weighted by molar-refractivity contribution is 5.85. The van der Waals surface area contributed by atoms with Crippen LogP contribution >= 0.6 is 0 Å². The van der Waals surface area contributed by atoms with Crippen LogP contribution < -0.4 is 5.32 Å². The Hall–Kier alpha value is -1.35. The van der Waals surface area contributed by atoms with Crippen molar-refractivity contribution in [1.29, 1.82) is 0 Å². The monoisotopic (exact) mass is 286 g/mol. The van der Waals surface area contributed by atoms with Crippen LogP contribution in [0.3, 0.4) is 0 Å². The largest absolute Gasteiger partial charge is 0.322 e. The molecule has 0 radical (unpaired) electrons. The molecular weight excluding hydrogens is 260 g/mol. The molecule has 0 spiro atoms. The van der Waals surface area contributed by atoms with Crippen molar-refractivity contribution < 1.29 is 4.79 Å². The second kappa shape index (κ2) is 5.45. The van der Waals surface area contributed by atoms with E-state index in [9.17, 15) is 4.79 Å².